The molecule has 1 aliphatic rings. The van der Waals surface area contributed by atoms with Gasteiger partial charge in [0.15, 0.2) is 0 Å². The largest absolute Gasteiger partial charge is 0.388 e. The van der Waals surface area contributed by atoms with Gasteiger partial charge in [0.2, 0.25) is 5.91 Å². The highest BCUT2D eigenvalue weighted by Gasteiger charge is 2.31. The highest BCUT2D eigenvalue weighted by Crippen LogP contribution is 2.20. The van der Waals surface area contributed by atoms with Crippen LogP contribution >= 0.6 is 0 Å². The molecule has 1 amide bonds. The minimum absolute atomic E-state index is 0.0325. The van der Waals surface area contributed by atoms with Crippen molar-refractivity contribution in [2.24, 2.45) is 0 Å². The molecule has 1 unspecified atom stereocenters. The summed E-state index contributed by atoms with van der Waals surface area (Å²) in [5, 5.41) is 9.89. The summed E-state index contributed by atoms with van der Waals surface area (Å²) in [7, 11) is 0. The van der Waals surface area contributed by atoms with Crippen LogP contribution in [0.1, 0.15) is 40.5 Å². The first-order chi connectivity index (χ1) is 7.20. The number of aliphatic hydroxyl groups is 1. The molecule has 0 aromatic rings. The van der Waals surface area contributed by atoms with Crippen molar-refractivity contribution in [1.29, 1.82) is 0 Å². The first-order valence-electron chi connectivity index (χ1n) is 5.84. The molecule has 0 bridgehead atoms. The lowest BCUT2D eigenvalue weighted by Gasteiger charge is -2.37. The van der Waals surface area contributed by atoms with Gasteiger partial charge in [-0.05, 0) is 40.5 Å². The van der Waals surface area contributed by atoms with Crippen LogP contribution in [0, 0.1) is 0 Å². The summed E-state index contributed by atoms with van der Waals surface area (Å²) in [6.07, 6.45) is 1.62. The van der Waals surface area contributed by atoms with E-state index in [1.807, 2.05) is 20.8 Å². The molecule has 0 radical (unpaired) electrons. The molecule has 1 atom stereocenters. The summed E-state index contributed by atoms with van der Waals surface area (Å²) < 4.78 is 5.44. The summed E-state index contributed by atoms with van der Waals surface area (Å²) in [4.78, 5) is 13.5. The molecule has 0 aromatic heterocycles. The van der Waals surface area contributed by atoms with Gasteiger partial charge in [0.1, 0.15) is 6.61 Å². The Morgan fingerprint density at radius 1 is 1.50 bits per heavy atom. The second kappa shape index (κ2) is 4.72. The van der Waals surface area contributed by atoms with Crippen LogP contribution in [-0.4, -0.2) is 46.8 Å². The van der Waals surface area contributed by atoms with Gasteiger partial charge in [-0.2, -0.15) is 0 Å². The number of rotatable bonds is 2. The smallest absolute Gasteiger partial charge is 0.248 e. The molecule has 1 N–H and O–H groups in total. The van der Waals surface area contributed by atoms with Crippen molar-refractivity contribution in [3.8, 4) is 0 Å². The van der Waals surface area contributed by atoms with Gasteiger partial charge in [-0.25, -0.2) is 0 Å². The third-order valence-electron chi connectivity index (χ3n) is 2.66. The molecule has 0 spiro atoms. The van der Waals surface area contributed by atoms with Gasteiger partial charge >= 0.3 is 0 Å². The average molecular weight is 229 g/mol. The third kappa shape index (κ3) is 4.49. The quantitative estimate of drug-likeness (QED) is 0.773. The molecule has 16 heavy (non-hydrogen) atoms. The topological polar surface area (TPSA) is 49.8 Å². The molecule has 0 aliphatic carbocycles. The molecule has 1 rings (SSSR count). The molecule has 0 aromatic carbocycles. The van der Waals surface area contributed by atoms with Crippen molar-refractivity contribution in [3.05, 3.63) is 0 Å². The Morgan fingerprint density at radius 2 is 2.12 bits per heavy atom. The first-order valence-corrected chi connectivity index (χ1v) is 5.84. The molecule has 94 valence electrons. The number of piperidine rings is 1. The van der Waals surface area contributed by atoms with Gasteiger partial charge < -0.3 is 14.7 Å². The van der Waals surface area contributed by atoms with Gasteiger partial charge in [-0.3, -0.25) is 4.79 Å². The molecule has 0 saturated carbocycles. The van der Waals surface area contributed by atoms with Gasteiger partial charge in [-0.15, -0.1) is 0 Å². The maximum atomic E-state index is 11.8. The number of likely N-dealkylation sites (tertiary alicyclic amines) is 1. The number of ether oxygens (including phenoxy) is 1. The highest BCUT2D eigenvalue weighted by molar-refractivity contribution is 5.77. The standard InChI is InChI=1S/C12H23NO3/c1-11(2,3)16-8-10(14)13-7-5-6-12(4,15)9-13/h15H,5-9H2,1-4H3. The van der Waals surface area contributed by atoms with Crippen LogP contribution in [0.25, 0.3) is 0 Å². The summed E-state index contributed by atoms with van der Waals surface area (Å²) in [6.45, 7) is 8.78. The number of hydrogen-bond acceptors (Lipinski definition) is 3. The molecule has 4 heteroatoms. The number of carbonyl (C=O) groups excluding carboxylic acids is 1. The molecule has 1 aliphatic heterocycles. The fourth-order valence-corrected chi connectivity index (χ4v) is 1.80. The second-order valence-corrected chi connectivity index (χ2v) is 5.82. The summed E-state index contributed by atoms with van der Waals surface area (Å²) in [5.74, 6) is -0.0325. The first kappa shape index (κ1) is 13.5. The lowest BCUT2D eigenvalue weighted by molar-refractivity contribution is -0.147. The SMILES string of the molecule is CC1(O)CCCN(C(=O)COC(C)(C)C)C1. The number of amides is 1. The molecule has 1 fully saturated rings. The van der Waals surface area contributed by atoms with E-state index in [-0.39, 0.29) is 18.1 Å². The summed E-state index contributed by atoms with van der Waals surface area (Å²) >= 11 is 0. The predicted molar refractivity (Wildman–Crippen MR) is 62.1 cm³/mol. The maximum Gasteiger partial charge on any atom is 0.248 e. The lowest BCUT2D eigenvalue weighted by Crippen LogP contribution is -2.50. The van der Waals surface area contributed by atoms with Gasteiger partial charge in [0, 0.05) is 13.1 Å². The van der Waals surface area contributed by atoms with E-state index in [4.69, 9.17) is 4.74 Å². The number of carbonyl (C=O) groups is 1. The van der Waals surface area contributed by atoms with Crippen LogP contribution in [0.2, 0.25) is 0 Å². The third-order valence-corrected chi connectivity index (χ3v) is 2.66. The minimum Gasteiger partial charge on any atom is -0.388 e. The Morgan fingerprint density at radius 3 is 2.62 bits per heavy atom. The Balaban J connectivity index is 2.42. The fraction of sp³-hybridized carbons (Fsp3) is 0.917. The molecular weight excluding hydrogens is 206 g/mol. The molecule has 4 nitrogen and oxygen atoms in total. The van der Waals surface area contributed by atoms with Crippen LogP contribution in [0.5, 0.6) is 0 Å². The van der Waals surface area contributed by atoms with E-state index in [0.29, 0.717) is 6.54 Å². The van der Waals surface area contributed by atoms with E-state index < -0.39 is 5.60 Å². The molecular formula is C12H23NO3. The predicted octanol–water partition coefficient (Wildman–Crippen LogP) is 1.17. The van der Waals surface area contributed by atoms with Gasteiger partial charge in [-0.1, -0.05) is 0 Å². The van der Waals surface area contributed by atoms with E-state index in [2.05, 4.69) is 0 Å². The zero-order valence-corrected chi connectivity index (χ0v) is 10.7. The van der Waals surface area contributed by atoms with E-state index in [9.17, 15) is 9.90 Å². The zero-order valence-electron chi connectivity index (χ0n) is 10.7. The Bertz CT molecular complexity index is 255. The van der Waals surface area contributed by atoms with Crippen molar-refractivity contribution in [1.82, 2.24) is 4.90 Å². The molecule has 1 heterocycles. The minimum atomic E-state index is -0.740. The molecule has 1 saturated heterocycles. The van der Waals surface area contributed by atoms with Crippen LogP contribution in [0.4, 0.5) is 0 Å². The van der Waals surface area contributed by atoms with E-state index in [1.54, 1.807) is 11.8 Å². The number of β-amino-alcohol motifs (C(OH)–C–C–N with tert-alkyl or cyclic N) is 1. The Hall–Kier alpha value is -0.610. The second-order valence-electron chi connectivity index (χ2n) is 5.82. The monoisotopic (exact) mass is 229 g/mol. The van der Waals surface area contributed by atoms with Crippen LogP contribution in [0.15, 0.2) is 0 Å². The van der Waals surface area contributed by atoms with E-state index in [1.165, 1.54) is 0 Å². The van der Waals surface area contributed by atoms with Crippen molar-refractivity contribution >= 4 is 5.91 Å². The summed E-state index contributed by atoms with van der Waals surface area (Å²) in [5.41, 5.74) is -1.04. The summed E-state index contributed by atoms with van der Waals surface area (Å²) in [6, 6.07) is 0. The fourth-order valence-electron chi connectivity index (χ4n) is 1.80. The van der Waals surface area contributed by atoms with Crippen molar-refractivity contribution < 1.29 is 14.6 Å². The maximum absolute atomic E-state index is 11.8. The number of hydrogen-bond donors (Lipinski definition) is 1. The van der Waals surface area contributed by atoms with Gasteiger partial charge in [0.05, 0.1) is 11.2 Å². The van der Waals surface area contributed by atoms with Crippen molar-refractivity contribution in [3.63, 3.8) is 0 Å². The average Bonchev–Trinajstić information content (AvgIpc) is 2.11. The zero-order chi connectivity index (χ0) is 12.4. The van der Waals surface area contributed by atoms with E-state index >= 15 is 0 Å². The van der Waals surface area contributed by atoms with Crippen LogP contribution < -0.4 is 0 Å². The van der Waals surface area contributed by atoms with E-state index in [0.717, 1.165) is 19.4 Å². The highest BCUT2D eigenvalue weighted by atomic mass is 16.5. The Labute approximate surface area is 97.6 Å². The van der Waals surface area contributed by atoms with Crippen molar-refractivity contribution in [2.75, 3.05) is 19.7 Å². The lowest BCUT2D eigenvalue weighted by atomic mass is 9.95. The number of nitrogens with zero attached hydrogens (tertiary/aromatic N) is 1. The van der Waals surface area contributed by atoms with Crippen molar-refractivity contribution in [2.45, 2.75) is 51.7 Å². The van der Waals surface area contributed by atoms with Crippen LogP contribution in [-0.2, 0) is 9.53 Å². The Kier molecular flexibility index (Phi) is 3.97. The normalized spacial score (nSPS) is 26.9. The van der Waals surface area contributed by atoms with Crippen LogP contribution in [0.3, 0.4) is 0 Å². The van der Waals surface area contributed by atoms with Gasteiger partial charge in [0.25, 0.3) is 0 Å².